The van der Waals surface area contributed by atoms with E-state index < -0.39 is 0 Å². The lowest BCUT2D eigenvalue weighted by Crippen LogP contribution is -2.09. The van der Waals surface area contributed by atoms with Crippen molar-refractivity contribution in [2.24, 2.45) is 0 Å². The van der Waals surface area contributed by atoms with Crippen LogP contribution in [0.2, 0.25) is 0 Å². The zero-order chi connectivity index (χ0) is 13.8. The molecule has 0 unspecified atom stereocenters. The number of hydrogen-bond donors (Lipinski definition) is 1. The third-order valence-corrected chi connectivity index (χ3v) is 3.21. The van der Waals surface area contributed by atoms with Crippen LogP contribution >= 0.6 is 15.9 Å². The summed E-state index contributed by atoms with van der Waals surface area (Å²) < 4.78 is 2.85. The van der Waals surface area contributed by atoms with E-state index in [0.29, 0.717) is 5.52 Å². The third kappa shape index (κ3) is 2.79. The van der Waals surface area contributed by atoms with E-state index in [9.17, 15) is 4.79 Å². The Morgan fingerprint density at radius 1 is 1.11 bits per heavy atom. The molecule has 0 atom stereocenters. The normalized spacial score (nSPS) is 10.1. The van der Waals surface area contributed by atoms with Crippen molar-refractivity contribution in [2.45, 2.75) is 13.8 Å². The van der Waals surface area contributed by atoms with Crippen molar-refractivity contribution >= 4 is 21.4 Å². The topological polar surface area (TPSA) is 37.3 Å². The van der Waals surface area contributed by atoms with E-state index in [0.717, 1.165) is 15.7 Å². The first-order chi connectivity index (χ1) is 9.24. The molecule has 98 valence electrons. The summed E-state index contributed by atoms with van der Waals surface area (Å²) in [6.45, 7) is 4.00. The number of aromatic amines is 1. The second-order valence-corrected chi connectivity index (χ2v) is 4.72. The molecule has 1 N–H and O–H groups in total. The van der Waals surface area contributed by atoms with Gasteiger partial charge in [-0.05, 0) is 29.8 Å². The van der Waals surface area contributed by atoms with E-state index >= 15 is 0 Å². The maximum absolute atomic E-state index is 11.8. The number of benzene rings is 1. The minimum absolute atomic E-state index is 0.0737. The first-order valence-corrected chi connectivity index (χ1v) is 6.99. The fourth-order valence-electron chi connectivity index (χ4n) is 1.83. The SMILES string of the molecule is CC.O=c1[nH]c(-c2ccc(Br)cc2)cn2cccc12. The Bertz CT molecular complexity index is 726. The van der Waals surface area contributed by atoms with Crippen LogP contribution in [0.15, 0.2) is 58.1 Å². The van der Waals surface area contributed by atoms with Crippen LogP contribution in [0.5, 0.6) is 0 Å². The van der Waals surface area contributed by atoms with Crippen LogP contribution in [0.4, 0.5) is 0 Å². The quantitative estimate of drug-likeness (QED) is 0.721. The molecule has 0 aliphatic carbocycles. The van der Waals surface area contributed by atoms with Crippen LogP contribution in [0.3, 0.4) is 0 Å². The molecule has 0 fully saturated rings. The number of hydrogen-bond acceptors (Lipinski definition) is 1. The van der Waals surface area contributed by atoms with Gasteiger partial charge in [-0.25, -0.2) is 0 Å². The Morgan fingerprint density at radius 3 is 2.47 bits per heavy atom. The van der Waals surface area contributed by atoms with Crippen LogP contribution < -0.4 is 5.56 Å². The predicted octanol–water partition coefficient (Wildman–Crippen LogP) is 4.08. The molecular weight excluding hydrogens is 304 g/mol. The fourth-order valence-corrected chi connectivity index (χ4v) is 2.10. The lowest BCUT2D eigenvalue weighted by molar-refractivity contribution is 1.11. The summed E-state index contributed by atoms with van der Waals surface area (Å²) >= 11 is 3.39. The molecule has 0 spiro atoms. The minimum Gasteiger partial charge on any atom is -0.319 e. The molecule has 19 heavy (non-hydrogen) atoms. The van der Waals surface area contributed by atoms with Crippen molar-refractivity contribution in [1.29, 1.82) is 0 Å². The van der Waals surface area contributed by atoms with Crippen molar-refractivity contribution in [2.75, 3.05) is 0 Å². The number of halogens is 1. The second kappa shape index (κ2) is 5.89. The van der Waals surface area contributed by atoms with Gasteiger partial charge in [0.25, 0.3) is 5.56 Å². The molecule has 0 radical (unpaired) electrons. The monoisotopic (exact) mass is 318 g/mol. The van der Waals surface area contributed by atoms with E-state index in [-0.39, 0.29) is 5.56 Å². The Morgan fingerprint density at radius 2 is 1.79 bits per heavy atom. The fraction of sp³-hybridized carbons (Fsp3) is 0.133. The molecular formula is C15H15BrN2O. The summed E-state index contributed by atoms with van der Waals surface area (Å²) in [7, 11) is 0. The number of fused-ring (bicyclic) bond motifs is 1. The highest BCUT2D eigenvalue weighted by molar-refractivity contribution is 9.10. The van der Waals surface area contributed by atoms with Gasteiger partial charge in [0.05, 0.1) is 5.69 Å². The molecule has 0 aliphatic heterocycles. The van der Waals surface area contributed by atoms with Crippen LogP contribution in [-0.4, -0.2) is 9.38 Å². The van der Waals surface area contributed by atoms with Crippen molar-refractivity contribution < 1.29 is 0 Å². The Labute approximate surface area is 120 Å². The smallest absolute Gasteiger partial charge is 0.272 e. The summed E-state index contributed by atoms with van der Waals surface area (Å²) in [5.74, 6) is 0. The van der Waals surface area contributed by atoms with E-state index in [4.69, 9.17) is 0 Å². The average Bonchev–Trinajstić information content (AvgIpc) is 2.91. The molecule has 2 heterocycles. The zero-order valence-corrected chi connectivity index (χ0v) is 12.4. The highest BCUT2D eigenvalue weighted by Crippen LogP contribution is 2.19. The first kappa shape index (κ1) is 13.6. The summed E-state index contributed by atoms with van der Waals surface area (Å²) in [5.41, 5.74) is 2.38. The van der Waals surface area contributed by atoms with Gasteiger partial charge in [-0.2, -0.15) is 0 Å². The molecule has 3 nitrogen and oxygen atoms in total. The largest absolute Gasteiger partial charge is 0.319 e. The molecule has 0 aliphatic rings. The number of H-pyrrole nitrogens is 1. The molecule has 4 heteroatoms. The van der Waals surface area contributed by atoms with E-state index in [2.05, 4.69) is 20.9 Å². The summed E-state index contributed by atoms with van der Waals surface area (Å²) in [5, 5.41) is 0. The van der Waals surface area contributed by atoms with Gasteiger partial charge in [0, 0.05) is 16.9 Å². The van der Waals surface area contributed by atoms with Gasteiger partial charge in [0.1, 0.15) is 5.52 Å². The maximum Gasteiger partial charge on any atom is 0.272 e. The Hall–Kier alpha value is -1.81. The first-order valence-electron chi connectivity index (χ1n) is 6.20. The maximum atomic E-state index is 11.8. The highest BCUT2D eigenvalue weighted by Gasteiger charge is 2.03. The average molecular weight is 319 g/mol. The van der Waals surface area contributed by atoms with E-state index in [1.807, 2.05) is 61.0 Å². The molecule has 1 aromatic carbocycles. The van der Waals surface area contributed by atoms with Crippen molar-refractivity contribution in [3.63, 3.8) is 0 Å². The van der Waals surface area contributed by atoms with Gasteiger partial charge < -0.3 is 9.38 Å². The highest BCUT2D eigenvalue weighted by atomic mass is 79.9. The Kier molecular flexibility index (Phi) is 4.22. The van der Waals surface area contributed by atoms with Gasteiger partial charge in [0.2, 0.25) is 0 Å². The number of aromatic nitrogens is 2. The summed E-state index contributed by atoms with van der Waals surface area (Å²) in [4.78, 5) is 14.7. The van der Waals surface area contributed by atoms with Gasteiger partial charge >= 0.3 is 0 Å². The summed E-state index contributed by atoms with van der Waals surface area (Å²) in [6.07, 6.45) is 3.78. The van der Waals surface area contributed by atoms with Crippen LogP contribution in [0.1, 0.15) is 13.8 Å². The molecule has 0 saturated heterocycles. The van der Waals surface area contributed by atoms with Gasteiger partial charge in [-0.1, -0.05) is 41.9 Å². The molecule has 3 aromatic rings. The van der Waals surface area contributed by atoms with Gasteiger partial charge in [-0.3, -0.25) is 4.79 Å². The zero-order valence-electron chi connectivity index (χ0n) is 10.9. The van der Waals surface area contributed by atoms with Crippen LogP contribution in [-0.2, 0) is 0 Å². The van der Waals surface area contributed by atoms with Crippen LogP contribution in [0.25, 0.3) is 16.8 Å². The van der Waals surface area contributed by atoms with E-state index in [1.165, 1.54) is 0 Å². The van der Waals surface area contributed by atoms with Gasteiger partial charge in [-0.15, -0.1) is 0 Å². The van der Waals surface area contributed by atoms with Crippen molar-refractivity contribution in [1.82, 2.24) is 9.38 Å². The third-order valence-electron chi connectivity index (χ3n) is 2.68. The number of nitrogens with zero attached hydrogens (tertiary/aromatic N) is 1. The molecule has 0 bridgehead atoms. The lowest BCUT2D eigenvalue weighted by Gasteiger charge is -2.03. The molecule has 3 rings (SSSR count). The molecule has 2 aromatic heterocycles. The van der Waals surface area contributed by atoms with Gasteiger partial charge in [0.15, 0.2) is 0 Å². The number of nitrogens with one attached hydrogen (secondary N) is 1. The minimum atomic E-state index is -0.0737. The summed E-state index contributed by atoms with van der Waals surface area (Å²) in [6, 6.07) is 11.5. The molecule has 0 amide bonds. The second-order valence-electron chi connectivity index (χ2n) is 3.80. The molecule has 0 saturated carbocycles. The predicted molar refractivity (Wildman–Crippen MR) is 82.5 cm³/mol. The number of rotatable bonds is 1. The van der Waals surface area contributed by atoms with E-state index in [1.54, 1.807) is 6.07 Å². The van der Waals surface area contributed by atoms with Crippen molar-refractivity contribution in [3.8, 4) is 11.3 Å². The van der Waals surface area contributed by atoms with Crippen molar-refractivity contribution in [3.05, 3.63) is 63.6 Å². The Balaban J connectivity index is 0.000000637. The lowest BCUT2D eigenvalue weighted by atomic mass is 10.2. The standard InChI is InChI=1S/C13H9BrN2O.C2H6/c14-10-5-3-9(4-6-10)11-8-16-7-1-2-12(16)13(17)15-11;1-2/h1-8H,(H,15,17);1-2H3. The van der Waals surface area contributed by atoms with Crippen LogP contribution in [0, 0.1) is 0 Å².